The number of carbonyl (C=O) groups is 1. The van der Waals surface area contributed by atoms with E-state index in [0.717, 1.165) is 18.1 Å². The van der Waals surface area contributed by atoms with Crippen LogP contribution in [0.15, 0.2) is 11.6 Å². The maximum atomic E-state index is 11.4. The van der Waals surface area contributed by atoms with E-state index in [2.05, 4.69) is 4.98 Å². The van der Waals surface area contributed by atoms with Crippen molar-refractivity contribution in [3.8, 4) is 0 Å². The first-order valence-corrected chi connectivity index (χ1v) is 5.67. The minimum absolute atomic E-state index is 0.341. The minimum atomic E-state index is -0.395. The molecule has 1 aromatic rings. The molecule has 1 fully saturated rings. The number of hydrogen-bond donors (Lipinski definition) is 1. The van der Waals surface area contributed by atoms with Crippen LogP contribution in [0.1, 0.15) is 11.0 Å². The highest BCUT2D eigenvalue weighted by Gasteiger charge is 2.28. The van der Waals surface area contributed by atoms with Crippen LogP contribution in [-0.4, -0.2) is 42.1 Å². The Labute approximate surface area is 91.9 Å². The molecule has 2 rings (SSSR count). The number of aromatic nitrogens is 1. The van der Waals surface area contributed by atoms with E-state index in [1.165, 1.54) is 11.3 Å². The fraction of sp³-hybridized carbons (Fsp3) is 0.556. The molecule has 2 heterocycles. The summed E-state index contributed by atoms with van der Waals surface area (Å²) in [5.41, 5.74) is 5.40. The monoisotopic (exact) mass is 227 g/mol. The molecule has 1 aliphatic rings. The number of hydrogen-bond acceptors (Lipinski definition) is 5. The molecule has 82 valence electrons. The molecule has 1 amide bonds. The van der Waals surface area contributed by atoms with Gasteiger partial charge in [-0.25, -0.2) is 4.98 Å². The summed E-state index contributed by atoms with van der Waals surface area (Å²) in [5, 5.41) is 2.62. The molecule has 1 aromatic heterocycles. The Balaban J connectivity index is 2.15. The Morgan fingerprint density at radius 2 is 2.33 bits per heavy atom. The lowest BCUT2D eigenvalue weighted by Gasteiger charge is -2.31. The van der Waals surface area contributed by atoms with Gasteiger partial charge in [-0.05, 0) is 0 Å². The predicted octanol–water partition coefficient (Wildman–Crippen LogP) is 0.00170. The molecule has 1 atom stereocenters. The molecule has 0 aliphatic carbocycles. The first-order valence-electron chi connectivity index (χ1n) is 4.79. The summed E-state index contributed by atoms with van der Waals surface area (Å²) < 4.78 is 5.24. The summed E-state index contributed by atoms with van der Waals surface area (Å²) in [6.07, 6.45) is 1.69. The van der Waals surface area contributed by atoms with E-state index in [-0.39, 0.29) is 5.91 Å². The van der Waals surface area contributed by atoms with Gasteiger partial charge in [0, 0.05) is 24.7 Å². The molecule has 0 aromatic carbocycles. The molecule has 1 aliphatic heterocycles. The first kappa shape index (κ1) is 10.5. The summed E-state index contributed by atoms with van der Waals surface area (Å²) in [7, 11) is 0. The van der Waals surface area contributed by atoms with Crippen molar-refractivity contribution in [3.63, 3.8) is 0 Å². The van der Waals surface area contributed by atoms with Gasteiger partial charge < -0.3 is 10.5 Å². The quantitative estimate of drug-likeness (QED) is 0.789. The smallest absolute Gasteiger partial charge is 0.241 e. The van der Waals surface area contributed by atoms with Crippen molar-refractivity contribution in [1.29, 1.82) is 0 Å². The van der Waals surface area contributed by atoms with Crippen molar-refractivity contribution < 1.29 is 9.53 Å². The third-order valence-electron chi connectivity index (χ3n) is 2.37. The van der Waals surface area contributed by atoms with Gasteiger partial charge in [0.05, 0.1) is 13.2 Å². The van der Waals surface area contributed by atoms with E-state index < -0.39 is 6.04 Å². The maximum Gasteiger partial charge on any atom is 0.241 e. The van der Waals surface area contributed by atoms with E-state index in [1.807, 2.05) is 10.3 Å². The summed E-state index contributed by atoms with van der Waals surface area (Å²) in [6.45, 7) is 2.75. The number of primary amides is 1. The number of amides is 1. The zero-order valence-electron chi connectivity index (χ0n) is 8.26. The SMILES string of the molecule is NC(=O)C(c1nccs1)N1CCOCC1. The molecule has 15 heavy (non-hydrogen) atoms. The van der Waals surface area contributed by atoms with Crippen molar-refractivity contribution in [2.75, 3.05) is 26.3 Å². The molecule has 1 unspecified atom stereocenters. The van der Waals surface area contributed by atoms with Gasteiger partial charge in [0.25, 0.3) is 0 Å². The van der Waals surface area contributed by atoms with Crippen LogP contribution >= 0.6 is 11.3 Å². The molecule has 0 radical (unpaired) electrons. The van der Waals surface area contributed by atoms with E-state index in [0.29, 0.717) is 13.2 Å². The van der Waals surface area contributed by atoms with Crippen molar-refractivity contribution in [2.24, 2.45) is 5.73 Å². The second-order valence-electron chi connectivity index (χ2n) is 3.32. The van der Waals surface area contributed by atoms with Crippen molar-refractivity contribution >= 4 is 17.2 Å². The van der Waals surface area contributed by atoms with Gasteiger partial charge in [-0.3, -0.25) is 9.69 Å². The Morgan fingerprint density at radius 1 is 1.60 bits per heavy atom. The van der Waals surface area contributed by atoms with Crippen molar-refractivity contribution in [2.45, 2.75) is 6.04 Å². The van der Waals surface area contributed by atoms with E-state index in [4.69, 9.17) is 10.5 Å². The highest BCUT2D eigenvalue weighted by molar-refractivity contribution is 7.09. The highest BCUT2D eigenvalue weighted by atomic mass is 32.1. The number of carbonyl (C=O) groups excluding carboxylic acids is 1. The van der Waals surface area contributed by atoms with Gasteiger partial charge in [0.1, 0.15) is 11.0 Å². The lowest BCUT2D eigenvalue weighted by Crippen LogP contribution is -2.44. The molecule has 0 spiro atoms. The number of nitrogens with zero attached hydrogens (tertiary/aromatic N) is 2. The van der Waals surface area contributed by atoms with Crippen LogP contribution in [0.5, 0.6) is 0 Å². The normalized spacial score (nSPS) is 20.0. The zero-order chi connectivity index (χ0) is 10.7. The molecular formula is C9H13N3O2S. The average Bonchev–Trinajstić information content (AvgIpc) is 2.72. The lowest BCUT2D eigenvalue weighted by atomic mass is 10.2. The van der Waals surface area contributed by atoms with Gasteiger partial charge in [0.2, 0.25) is 5.91 Å². The van der Waals surface area contributed by atoms with Crippen molar-refractivity contribution in [3.05, 3.63) is 16.6 Å². The standard InChI is InChI=1S/C9H13N3O2S/c10-8(13)7(9-11-1-6-15-9)12-2-4-14-5-3-12/h1,6-7H,2-5H2,(H2,10,13). The Morgan fingerprint density at radius 3 is 2.87 bits per heavy atom. The molecular weight excluding hydrogens is 214 g/mol. The molecule has 5 nitrogen and oxygen atoms in total. The average molecular weight is 227 g/mol. The van der Waals surface area contributed by atoms with Crippen LogP contribution in [0.25, 0.3) is 0 Å². The second-order valence-corrected chi connectivity index (χ2v) is 4.25. The predicted molar refractivity (Wildman–Crippen MR) is 56.4 cm³/mol. The summed E-state index contributed by atoms with van der Waals surface area (Å²) in [6, 6.07) is -0.395. The number of nitrogens with two attached hydrogens (primary N) is 1. The third kappa shape index (κ3) is 2.34. The first-order chi connectivity index (χ1) is 7.29. The van der Waals surface area contributed by atoms with Crippen LogP contribution in [-0.2, 0) is 9.53 Å². The molecule has 0 bridgehead atoms. The molecule has 0 saturated carbocycles. The number of ether oxygens (including phenoxy) is 1. The van der Waals surface area contributed by atoms with Gasteiger partial charge in [-0.2, -0.15) is 0 Å². The van der Waals surface area contributed by atoms with E-state index in [9.17, 15) is 4.79 Å². The van der Waals surface area contributed by atoms with Gasteiger partial charge >= 0.3 is 0 Å². The fourth-order valence-electron chi connectivity index (χ4n) is 1.66. The van der Waals surface area contributed by atoms with Crippen LogP contribution < -0.4 is 5.73 Å². The Kier molecular flexibility index (Phi) is 3.30. The van der Waals surface area contributed by atoms with E-state index in [1.54, 1.807) is 6.20 Å². The maximum absolute atomic E-state index is 11.4. The fourth-order valence-corrected chi connectivity index (χ4v) is 2.44. The van der Waals surface area contributed by atoms with Crippen LogP contribution in [0.4, 0.5) is 0 Å². The van der Waals surface area contributed by atoms with Gasteiger partial charge in [0.15, 0.2) is 0 Å². The van der Waals surface area contributed by atoms with E-state index >= 15 is 0 Å². The van der Waals surface area contributed by atoms with Crippen LogP contribution in [0, 0.1) is 0 Å². The highest BCUT2D eigenvalue weighted by Crippen LogP contribution is 2.23. The number of morpholine rings is 1. The Bertz CT molecular complexity index is 322. The van der Waals surface area contributed by atoms with Crippen molar-refractivity contribution in [1.82, 2.24) is 9.88 Å². The van der Waals surface area contributed by atoms with Crippen LogP contribution in [0.3, 0.4) is 0 Å². The number of rotatable bonds is 3. The lowest BCUT2D eigenvalue weighted by molar-refractivity contribution is -0.125. The zero-order valence-corrected chi connectivity index (χ0v) is 9.07. The summed E-state index contributed by atoms with van der Waals surface area (Å²) in [4.78, 5) is 17.6. The molecule has 1 saturated heterocycles. The number of thiazole rings is 1. The third-order valence-corrected chi connectivity index (χ3v) is 3.19. The largest absolute Gasteiger partial charge is 0.379 e. The minimum Gasteiger partial charge on any atom is -0.379 e. The van der Waals surface area contributed by atoms with Gasteiger partial charge in [-0.15, -0.1) is 11.3 Å². The topological polar surface area (TPSA) is 68.5 Å². The summed E-state index contributed by atoms with van der Waals surface area (Å²) >= 11 is 1.46. The molecule has 6 heteroatoms. The van der Waals surface area contributed by atoms with Gasteiger partial charge in [-0.1, -0.05) is 0 Å². The second kappa shape index (κ2) is 4.69. The van der Waals surface area contributed by atoms with Crippen LogP contribution in [0.2, 0.25) is 0 Å². The Hall–Kier alpha value is -0.980. The summed E-state index contributed by atoms with van der Waals surface area (Å²) in [5.74, 6) is -0.341. The molecule has 2 N–H and O–H groups in total.